The first-order valence-corrected chi connectivity index (χ1v) is 0. The molecule has 0 heterocycles. The molecule has 0 aliphatic heterocycles. The molecule has 0 bridgehead atoms. The predicted octanol–water partition coefficient (Wildman–Crippen LogP) is -2.79. The summed E-state index contributed by atoms with van der Waals surface area (Å²) in [6.45, 7) is 0. The molecule has 0 amide bonds. The SMILES string of the molecule is [AlH3].[Cu].[H-].[H-].[SiH4].[Sr+2]. The van der Waals surface area contributed by atoms with Crippen molar-refractivity contribution < 1.29 is 19.9 Å². The van der Waals surface area contributed by atoms with E-state index in [9.17, 15) is 0 Å². The van der Waals surface area contributed by atoms with E-state index in [0.29, 0.717) is 0 Å². The van der Waals surface area contributed by atoms with Crippen molar-refractivity contribution >= 4 is 73.8 Å². The Morgan fingerprint density at radius 3 is 1.25 bits per heavy atom. The minimum absolute atomic E-state index is 0. The molecule has 4 heteroatoms. The molecule has 0 saturated heterocycles. The molecular formula is H9AlCuSiSr. The topological polar surface area (TPSA) is 0 Å². The summed E-state index contributed by atoms with van der Waals surface area (Å²) in [7, 11) is 0. The summed E-state index contributed by atoms with van der Waals surface area (Å²) < 4.78 is 0. The summed E-state index contributed by atoms with van der Waals surface area (Å²) in [6.07, 6.45) is 0. The Labute approximate surface area is 92.0 Å². The zero-order valence-electron chi connectivity index (χ0n) is 3.01. The predicted molar refractivity (Wildman–Crippen MR) is 29.3 cm³/mol. The van der Waals surface area contributed by atoms with Gasteiger partial charge in [0, 0.05) is 17.1 Å². The maximum atomic E-state index is 0. The minimum Gasteiger partial charge on any atom is -1.00 e. The first kappa shape index (κ1) is 29.5. The summed E-state index contributed by atoms with van der Waals surface area (Å²) in [5.74, 6) is 0. The Bertz CT molecular complexity index is 13.5. The quantitative estimate of drug-likeness (QED) is 0.383. The van der Waals surface area contributed by atoms with Crippen LogP contribution in [-0.2, 0) is 17.1 Å². The second kappa shape index (κ2) is 17.2. The van der Waals surface area contributed by atoms with Crippen molar-refractivity contribution in [2.24, 2.45) is 0 Å². The largest absolute Gasteiger partial charge is 2.00 e. The van der Waals surface area contributed by atoms with Crippen LogP contribution in [0.15, 0.2) is 0 Å². The van der Waals surface area contributed by atoms with Crippen LogP contribution in [0.5, 0.6) is 0 Å². The molecule has 0 rings (SSSR count). The molecule has 0 fully saturated rings. The van der Waals surface area contributed by atoms with Crippen LogP contribution >= 0.6 is 0 Å². The normalized spacial score (nSPS) is 0. The number of hydrogen-bond acceptors (Lipinski definition) is 0. The average Bonchev–Trinajstić information content (AvgIpc) is 0. The third kappa shape index (κ3) is 8.83. The van der Waals surface area contributed by atoms with Crippen molar-refractivity contribution in [2.75, 3.05) is 0 Å². The van der Waals surface area contributed by atoms with Crippen molar-refractivity contribution in [3.63, 3.8) is 0 Å². The second-order valence-corrected chi connectivity index (χ2v) is 0. The molecule has 29 valence electrons. The van der Waals surface area contributed by atoms with Crippen LogP contribution in [0, 0.1) is 0 Å². The zero-order valence-corrected chi connectivity index (χ0v) is 5.43. The van der Waals surface area contributed by atoms with E-state index in [4.69, 9.17) is 0 Å². The standard InChI is InChI=1S/Al.Cu.H4Si.Sr.5H/h;;1H4;;;;;;/q;;;+2;;;;2*-1. The molecule has 0 saturated carbocycles. The summed E-state index contributed by atoms with van der Waals surface area (Å²) in [6, 6.07) is 0. The first-order chi connectivity index (χ1) is 0. The van der Waals surface area contributed by atoms with E-state index in [2.05, 4.69) is 0 Å². The molecule has 0 nitrogen and oxygen atoms in total. The van der Waals surface area contributed by atoms with Gasteiger partial charge in [0.1, 0.15) is 0 Å². The van der Waals surface area contributed by atoms with Crippen LogP contribution < -0.4 is 0 Å². The van der Waals surface area contributed by atoms with Gasteiger partial charge in [-0.3, -0.25) is 0 Å². The number of rotatable bonds is 0. The maximum Gasteiger partial charge on any atom is 2.00 e. The van der Waals surface area contributed by atoms with Gasteiger partial charge in [-0.2, -0.15) is 0 Å². The molecule has 0 N–H and O–H groups in total. The van der Waals surface area contributed by atoms with E-state index in [1.54, 1.807) is 0 Å². The molecule has 0 spiro atoms. The Morgan fingerprint density at radius 2 is 1.25 bits per heavy atom. The van der Waals surface area contributed by atoms with Crippen LogP contribution in [0.25, 0.3) is 0 Å². The molecule has 0 atom stereocenters. The van der Waals surface area contributed by atoms with E-state index in [-0.39, 0.29) is 93.7 Å². The van der Waals surface area contributed by atoms with Gasteiger partial charge in [-0.15, -0.1) is 0 Å². The Hall–Kier alpha value is 2.75. The van der Waals surface area contributed by atoms with Gasteiger partial charge < -0.3 is 2.85 Å². The van der Waals surface area contributed by atoms with E-state index < -0.39 is 0 Å². The number of hydrogen-bond donors (Lipinski definition) is 0. The van der Waals surface area contributed by atoms with E-state index >= 15 is 0 Å². The Morgan fingerprint density at radius 1 is 1.25 bits per heavy atom. The third-order valence-electron chi connectivity index (χ3n) is 0. The Kier molecular flexibility index (Phi) is 127. The second-order valence-electron chi connectivity index (χ2n) is 0. The molecule has 0 aliphatic rings. The smallest absolute Gasteiger partial charge is 1.00 e. The van der Waals surface area contributed by atoms with Gasteiger partial charge >= 0.3 is 45.5 Å². The van der Waals surface area contributed by atoms with Crippen LogP contribution in [0.3, 0.4) is 0 Å². The van der Waals surface area contributed by atoms with E-state index in [0.717, 1.165) is 0 Å². The molecule has 0 unspecified atom stereocenters. The van der Waals surface area contributed by atoms with Crippen LogP contribution in [-0.4, -0.2) is 73.8 Å². The van der Waals surface area contributed by atoms with Gasteiger partial charge in [0.25, 0.3) is 0 Å². The fraction of sp³-hybridized carbons (Fsp3) is 0. The molecule has 4 heavy (non-hydrogen) atoms. The van der Waals surface area contributed by atoms with Gasteiger partial charge in [0.05, 0.1) is 0 Å². The molecule has 0 aromatic rings. The van der Waals surface area contributed by atoms with Crippen molar-refractivity contribution in [2.45, 2.75) is 0 Å². The van der Waals surface area contributed by atoms with E-state index in [1.165, 1.54) is 0 Å². The molecule has 1 radical (unpaired) electrons. The average molecular weight is 215 g/mol. The first-order valence-electron chi connectivity index (χ1n) is 0. The fourth-order valence-corrected chi connectivity index (χ4v) is 0. The van der Waals surface area contributed by atoms with Gasteiger partial charge in [-0.1, -0.05) is 0 Å². The monoisotopic (exact) mass is 215 g/mol. The van der Waals surface area contributed by atoms with Crippen molar-refractivity contribution in [3.05, 3.63) is 0 Å². The molecule has 0 aromatic carbocycles. The van der Waals surface area contributed by atoms with E-state index in [1.807, 2.05) is 0 Å². The Balaban J connectivity index is 0. The van der Waals surface area contributed by atoms with Gasteiger partial charge in [-0.25, -0.2) is 0 Å². The van der Waals surface area contributed by atoms with Crippen LogP contribution in [0.2, 0.25) is 0 Å². The maximum absolute atomic E-state index is 0. The summed E-state index contributed by atoms with van der Waals surface area (Å²) in [5.41, 5.74) is 0. The molecule has 0 aromatic heterocycles. The van der Waals surface area contributed by atoms with Gasteiger partial charge in [0.2, 0.25) is 0 Å². The fourth-order valence-electron chi connectivity index (χ4n) is 0. The van der Waals surface area contributed by atoms with Gasteiger partial charge in [0.15, 0.2) is 17.4 Å². The third-order valence-corrected chi connectivity index (χ3v) is 0. The molecule has 0 aliphatic carbocycles. The van der Waals surface area contributed by atoms with Crippen LogP contribution in [0.1, 0.15) is 2.85 Å². The minimum atomic E-state index is 0. The van der Waals surface area contributed by atoms with Crippen LogP contribution in [0.4, 0.5) is 0 Å². The van der Waals surface area contributed by atoms with Crippen molar-refractivity contribution in [1.82, 2.24) is 0 Å². The van der Waals surface area contributed by atoms with Crippen molar-refractivity contribution in [1.29, 1.82) is 0 Å². The summed E-state index contributed by atoms with van der Waals surface area (Å²) >= 11 is 0. The zero-order chi connectivity index (χ0) is 0. The van der Waals surface area contributed by atoms with Gasteiger partial charge in [-0.05, 0) is 11.0 Å². The summed E-state index contributed by atoms with van der Waals surface area (Å²) in [4.78, 5) is 0. The summed E-state index contributed by atoms with van der Waals surface area (Å²) in [5, 5.41) is 0. The molecular weight excluding hydrogens is 206 g/mol. The van der Waals surface area contributed by atoms with Crippen molar-refractivity contribution in [3.8, 4) is 0 Å².